The molecule has 0 aromatic heterocycles. The molecular weight excluding hydrogens is 214 g/mol. The molecule has 0 radical (unpaired) electrons. The maximum absolute atomic E-state index is 5.48. The van der Waals surface area contributed by atoms with Crippen molar-refractivity contribution in [1.82, 2.24) is 5.32 Å². The highest BCUT2D eigenvalue weighted by molar-refractivity contribution is 4.69. The summed E-state index contributed by atoms with van der Waals surface area (Å²) < 4.78 is 10.8. The summed E-state index contributed by atoms with van der Waals surface area (Å²) in [6.07, 6.45) is 4.70. The third-order valence-corrected chi connectivity index (χ3v) is 2.34. The van der Waals surface area contributed by atoms with Crippen LogP contribution in [0.4, 0.5) is 0 Å². The van der Waals surface area contributed by atoms with E-state index >= 15 is 0 Å². The van der Waals surface area contributed by atoms with Crippen LogP contribution in [0.5, 0.6) is 0 Å². The van der Waals surface area contributed by atoms with E-state index in [2.05, 4.69) is 33.0 Å². The van der Waals surface area contributed by atoms with E-state index in [4.69, 9.17) is 9.47 Å². The number of unbranched alkanes of at least 4 members (excludes halogenated alkanes) is 2. The first kappa shape index (κ1) is 16.9. The molecule has 0 rings (SSSR count). The Hall–Kier alpha value is -0.120. The van der Waals surface area contributed by atoms with E-state index in [-0.39, 0.29) is 5.54 Å². The smallest absolute Gasteiger partial charge is 0.0700 e. The zero-order valence-corrected chi connectivity index (χ0v) is 12.2. The molecule has 0 aromatic rings. The van der Waals surface area contributed by atoms with Crippen molar-refractivity contribution in [2.24, 2.45) is 0 Å². The summed E-state index contributed by atoms with van der Waals surface area (Å²) in [5, 5.41) is 3.49. The van der Waals surface area contributed by atoms with Gasteiger partial charge < -0.3 is 14.8 Å². The second kappa shape index (κ2) is 11.0. The van der Waals surface area contributed by atoms with E-state index in [1.807, 2.05) is 0 Å². The highest BCUT2D eigenvalue weighted by Gasteiger charge is 2.06. The van der Waals surface area contributed by atoms with Crippen molar-refractivity contribution in [3.63, 3.8) is 0 Å². The monoisotopic (exact) mass is 245 g/mol. The molecule has 104 valence electrons. The van der Waals surface area contributed by atoms with Gasteiger partial charge >= 0.3 is 0 Å². The molecule has 0 fully saturated rings. The number of rotatable bonds is 11. The summed E-state index contributed by atoms with van der Waals surface area (Å²) in [5.41, 5.74) is 0.243. The van der Waals surface area contributed by atoms with Crippen LogP contribution in [0.25, 0.3) is 0 Å². The van der Waals surface area contributed by atoms with Crippen LogP contribution in [-0.2, 0) is 9.47 Å². The van der Waals surface area contributed by atoms with Crippen molar-refractivity contribution in [3.05, 3.63) is 0 Å². The quantitative estimate of drug-likeness (QED) is 0.568. The maximum Gasteiger partial charge on any atom is 0.0700 e. The van der Waals surface area contributed by atoms with E-state index in [1.165, 1.54) is 12.8 Å². The lowest BCUT2D eigenvalue weighted by atomic mass is 10.1. The minimum atomic E-state index is 0.243. The number of ether oxygens (including phenoxy) is 2. The van der Waals surface area contributed by atoms with Crippen LogP contribution in [0.2, 0.25) is 0 Å². The lowest BCUT2D eigenvalue weighted by Gasteiger charge is -2.20. The third kappa shape index (κ3) is 15.9. The van der Waals surface area contributed by atoms with Crippen molar-refractivity contribution in [2.45, 2.75) is 58.9 Å². The van der Waals surface area contributed by atoms with Crippen LogP contribution < -0.4 is 5.32 Å². The molecule has 3 heteroatoms. The molecule has 0 aliphatic heterocycles. The van der Waals surface area contributed by atoms with Gasteiger partial charge in [0.25, 0.3) is 0 Å². The van der Waals surface area contributed by atoms with Crippen LogP contribution in [0, 0.1) is 0 Å². The maximum atomic E-state index is 5.48. The Balaban J connectivity index is 2.99. The average molecular weight is 245 g/mol. The van der Waals surface area contributed by atoms with Gasteiger partial charge in [0.05, 0.1) is 13.2 Å². The Morgan fingerprint density at radius 1 is 0.824 bits per heavy atom. The fraction of sp³-hybridized carbons (Fsp3) is 1.00. The number of hydrogen-bond acceptors (Lipinski definition) is 3. The first-order chi connectivity index (χ1) is 8.06. The third-order valence-electron chi connectivity index (χ3n) is 2.34. The Morgan fingerprint density at radius 3 is 2.06 bits per heavy atom. The Morgan fingerprint density at radius 2 is 1.47 bits per heavy atom. The minimum Gasteiger partial charge on any atom is -0.379 e. The van der Waals surface area contributed by atoms with Gasteiger partial charge in [-0.25, -0.2) is 0 Å². The minimum absolute atomic E-state index is 0.243. The van der Waals surface area contributed by atoms with Crippen molar-refractivity contribution in [3.8, 4) is 0 Å². The molecule has 0 heterocycles. The predicted octanol–water partition coefficient (Wildman–Crippen LogP) is 2.99. The lowest BCUT2D eigenvalue weighted by molar-refractivity contribution is 0.0465. The molecule has 0 aliphatic rings. The summed E-state index contributed by atoms with van der Waals surface area (Å²) in [6, 6.07) is 0. The highest BCUT2D eigenvalue weighted by Crippen LogP contribution is 2.00. The molecular formula is C14H31NO2. The Kier molecular flexibility index (Phi) is 10.9. The van der Waals surface area contributed by atoms with Crippen LogP contribution in [0.15, 0.2) is 0 Å². The molecule has 0 aliphatic carbocycles. The van der Waals surface area contributed by atoms with E-state index in [0.29, 0.717) is 0 Å². The van der Waals surface area contributed by atoms with Gasteiger partial charge in [-0.3, -0.25) is 0 Å². The zero-order valence-electron chi connectivity index (χ0n) is 12.2. The van der Waals surface area contributed by atoms with Crippen molar-refractivity contribution < 1.29 is 9.47 Å². The van der Waals surface area contributed by atoms with Gasteiger partial charge in [0.15, 0.2) is 0 Å². The van der Waals surface area contributed by atoms with Crippen LogP contribution in [0.1, 0.15) is 53.4 Å². The molecule has 0 atom stereocenters. The van der Waals surface area contributed by atoms with Gasteiger partial charge in [-0.15, -0.1) is 0 Å². The zero-order chi connectivity index (χ0) is 13.0. The number of nitrogens with one attached hydrogen (secondary N) is 1. The molecule has 17 heavy (non-hydrogen) atoms. The van der Waals surface area contributed by atoms with Crippen LogP contribution in [-0.4, -0.2) is 38.5 Å². The normalized spacial score (nSPS) is 12.0. The topological polar surface area (TPSA) is 30.5 Å². The molecule has 0 saturated heterocycles. The van der Waals surface area contributed by atoms with Gasteiger partial charge in [-0.05, 0) is 53.0 Å². The van der Waals surface area contributed by atoms with Crippen molar-refractivity contribution in [2.75, 3.05) is 33.0 Å². The highest BCUT2D eigenvalue weighted by atomic mass is 16.5. The summed E-state index contributed by atoms with van der Waals surface area (Å²) in [4.78, 5) is 0. The van der Waals surface area contributed by atoms with E-state index in [9.17, 15) is 0 Å². The lowest BCUT2D eigenvalue weighted by Crippen LogP contribution is -2.36. The summed E-state index contributed by atoms with van der Waals surface area (Å²) >= 11 is 0. The van der Waals surface area contributed by atoms with E-state index in [1.54, 1.807) is 0 Å². The van der Waals surface area contributed by atoms with Gasteiger partial charge in [0, 0.05) is 18.8 Å². The average Bonchev–Trinajstić information content (AvgIpc) is 2.24. The summed E-state index contributed by atoms with van der Waals surface area (Å²) in [6.45, 7) is 13.0. The Labute approximate surface area is 107 Å². The Bertz CT molecular complexity index is 155. The van der Waals surface area contributed by atoms with Crippen molar-refractivity contribution in [1.29, 1.82) is 0 Å². The van der Waals surface area contributed by atoms with Crippen molar-refractivity contribution >= 4 is 0 Å². The van der Waals surface area contributed by atoms with Gasteiger partial charge in [-0.1, -0.05) is 6.92 Å². The standard InChI is InChI=1S/C14H31NO2/c1-5-10-16-12-13-17-11-8-6-7-9-15-14(2,3)4/h15H,5-13H2,1-4H3. The molecule has 0 saturated carbocycles. The molecule has 0 unspecified atom stereocenters. The van der Waals surface area contributed by atoms with E-state index in [0.717, 1.165) is 45.8 Å². The fourth-order valence-corrected chi connectivity index (χ4v) is 1.44. The first-order valence-corrected chi connectivity index (χ1v) is 6.97. The fourth-order valence-electron chi connectivity index (χ4n) is 1.44. The largest absolute Gasteiger partial charge is 0.379 e. The second-order valence-corrected chi connectivity index (χ2v) is 5.46. The van der Waals surface area contributed by atoms with E-state index < -0.39 is 0 Å². The molecule has 0 spiro atoms. The van der Waals surface area contributed by atoms with Gasteiger partial charge in [-0.2, -0.15) is 0 Å². The SMILES string of the molecule is CCCOCCOCCCCCNC(C)(C)C. The predicted molar refractivity (Wildman–Crippen MR) is 73.5 cm³/mol. The summed E-state index contributed by atoms with van der Waals surface area (Å²) in [5.74, 6) is 0. The number of hydrogen-bond donors (Lipinski definition) is 1. The van der Waals surface area contributed by atoms with Crippen LogP contribution >= 0.6 is 0 Å². The van der Waals surface area contributed by atoms with Gasteiger partial charge in [0.1, 0.15) is 0 Å². The second-order valence-electron chi connectivity index (χ2n) is 5.46. The molecule has 0 bridgehead atoms. The first-order valence-electron chi connectivity index (χ1n) is 6.97. The van der Waals surface area contributed by atoms with Gasteiger partial charge in [0.2, 0.25) is 0 Å². The molecule has 0 amide bonds. The molecule has 1 N–H and O–H groups in total. The summed E-state index contributed by atoms with van der Waals surface area (Å²) in [7, 11) is 0. The van der Waals surface area contributed by atoms with Crippen LogP contribution in [0.3, 0.4) is 0 Å². The molecule has 3 nitrogen and oxygen atoms in total. The molecule has 0 aromatic carbocycles.